The van der Waals surface area contributed by atoms with Crippen molar-refractivity contribution in [3.8, 4) is 0 Å². The molecular formula is C14H25N3O3S. The zero-order valence-corrected chi connectivity index (χ0v) is 13.7. The number of hydrogen-bond donors (Lipinski definition) is 3. The maximum absolute atomic E-state index is 12.4. The van der Waals surface area contributed by atoms with Crippen molar-refractivity contribution >= 4 is 10.0 Å². The van der Waals surface area contributed by atoms with E-state index in [0.717, 1.165) is 12.1 Å². The van der Waals surface area contributed by atoms with E-state index < -0.39 is 10.0 Å². The van der Waals surface area contributed by atoms with Crippen molar-refractivity contribution in [2.24, 2.45) is 5.92 Å². The van der Waals surface area contributed by atoms with Crippen molar-refractivity contribution in [2.75, 3.05) is 13.2 Å². The maximum atomic E-state index is 12.4. The van der Waals surface area contributed by atoms with Crippen LogP contribution in [0, 0.1) is 5.92 Å². The van der Waals surface area contributed by atoms with Gasteiger partial charge in [-0.05, 0) is 19.4 Å². The summed E-state index contributed by atoms with van der Waals surface area (Å²) in [4.78, 5) is 3.29. The number of nitrogens with one attached hydrogen (secondary N) is 3. The fourth-order valence-electron chi connectivity index (χ4n) is 2.35. The molecule has 0 aromatic carbocycles. The molecule has 0 amide bonds. The average molecular weight is 315 g/mol. The van der Waals surface area contributed by atoms with Crippen molar-refractivity contribution in [1.29, 1.82) is 0 Å². The van der Waals surface area contributed by atoms with E-state index in [2.05, 4.69) is 15.0 Å². The highest BCUT2D eigenvalue weighted by molar-refractivity contribution is 7.89. The Labute approximate surface area is 126 Å². The predicted molar refractivity (Wildman–Crippen MR) is 81.5 cm³/mol. The molecule has 2 atom stereocenters. The van der Waals surface area contributed by atoms with Crippen molar-refractivity contribution in [1.82, 2.24) is 15.0 Å². The van der Waals surface area contributed by atoms with E-state index in [1.807, 2.05) is 20.8 Å². The maximum Gasteiger partial charge on any atom is 0.242 e. The quantitative estimate of drug-likeness (QED) is 0.706. The normalized spacial score (nSPS) is 21.0. The zero-order valence-electron chi connectivity index (χ0n) is 12.8. The number of aromatic nitrogens is 1. The highest BCUT2D eigenvalue weighted by atomic mass is 32.2. The molecule has 3 N–H and O–H groups in total. The van der Waals surface area contributed by atoms with Gasteiger partial charge < -0.3 is 15.0 Å². The molecule has 120 valence electrons. The van der Waals surface area contributed by atoms with Crippen LogP contribution in [0.2, 0.25) is 0 Å². The fraction of sp³-hybridized carbons (Fsp3) is 0.714. The lowest BCUT2D eigenvalue weighted by Gasteiger charge is -2.18. The molecule has 1 saturated heterocycles. The van der Waals surface area contributed by atoms with Crippen LogP contribution in [0.5, 0.6) is 0 Å². The first-order chi connectivity index (χ1) is 9.88. The SMILES string of the molecule is CC(C)NCc1cc(S(=O)(=O)NC(C)C2CCOC2)c[nH]1. The molecule has 0 spiro atoms. The number of H-pyrrole nitrogens is 1. The van der Waals surface area contributed by atoms with Crippen LogP contribution in [0.3, 0.4) is 0 Å². The molecule has 0 aliphatic carbocycles. The van der Waals surface area contributed by atoms with Crippen molar-refractivity contribution < 1.29 is 13.2 Å². The van der Waals surface area contributed by atoms with Crippen molar-refractivity contribution in [3.63, 3.8) is 0 Å². The Morgan fingerprint density at radius 1 is 1.43 bits per heavy atom. The minimum atomic E-state index is -3.48. The molecular weight excluding hydrogens is 290 g/mol. The molecule has 0 saturated carbocycles. The van der Waals surface area contributed by atoms with Crippen LogP contribution in [0.4, 0.5) is 0 Å². The summed E-state index contributed by atoms with van der Waals surface area (Å²) in [5.74, 6) is 0.251. The van der Waals surface area contributed by atoms with Gasteiger partial charge in [-0.15, -0.1) is 0 Å². The van der Waals surface area contributed by atoms with Gasteiger partial charge >= 0.3 is 0 Å². The molecule has 2 rings (SSSR count). The van der Waals surface area contributed by atoms with Gasteiger partial charge in [0.2, 0.25) is 10.0 Å². The number of ether oxygens (including phenoxy) is 1. The van der Waals surface area contributed by atoms with Gasteiger partial charge in [0.05, 0.1) is 11.5 Å². The molecule has 7 heteroatoms. The topological polar surface area (TPSA) is 83.2 Å². The Hall–Kier alpha value is -0.890. The molecule has 1 aliphatic rings. The second-order valence-corrected chi connectivity index (χ2v) is 7.64. The Kier molecular flexibility index (Phi) is 5.43. The van der Waals surface area contributed by atoms with Gasteiger partial charge in [-0.3, -0.25) is 0 Å². The Balaban J connectivity index is 1.98. The van der Waals surface area contributed by atoms with E-state index in [-0.39, 0.29) is 16.9 Å². The van der Waals surface area contributed by atoms with E-state index in [4.69, 9.17) is 4.74 Å². The molecule has 1 aromatic heterocycles. The van der Waals surface area contributed by atoms with E-state index in [0.29, 0.717) is 25.8 Å². The first kappa shape index (κ1) is 16.5. The molecule has 2 heterocycles. The lowest BCUT2D eigenvalue weighted by Crippen LogP contribution is -2.38. The monoisotopic (exact) mass is 315 g/mol. The highest BCUT2D eigenvalue weighted by Crippen LogP contribution is 2.19. The molecule has 6 nitrogen and oxygen atoms in total. The molecule has 1 fully saturated rings. The van der Waals surface area contributed by atoms with E-state index in [1.54, 1.807) is 6.07 Å². The van der Waals surface area contributed by atoms with Gasteiger partial charge in [0.1, 0.15) is 0 Å². The highest BCUT2D eigenvalue weighted by Gasteiger charge is 2.27. The van der Waals surface area contributed by atoms with Gasteiger partial charge in [0.15, 0.2) is 0 Å². The summed E-state index contributed by atoms with van der Waals surface area (Å²) in [7, 11) is -3.48. The average Bonchev–Trinajstić information content (AvgIpc) is 3.07. The minimum Gasteiger partial charge on any atom is -0.381 e. The summed E-state index contributed by atoms with van der Waals surface area (Å²) in [6, 6.07) is 1.91. The summed E-state index contributed by atoms with van der Waals surface area (Å²) in [6.07, 6.45) is 2.44. The van der Waals surface area contributed by atoms with E-state index >= 15 is 0 Å². The Morgan fingerprint density at radius 3 is 2.81 bits per heavy atom. The standard InChI is InChI=1S/C14H25N3O3S/c1-10(2)15-7-13-6-14(8-16-13)21(18,19)17-11(3)12-4-5-20-9-12/h6,8,10-12,15-17H,4-5,7,9H2,1-3H3. The second-order valence-electron chi connectivity index (χ2n) is 5.93. The molecule has 1 aliphatic heterocycles. The van der Waals surface area contributed by atoms with E-state index in [9.17, 15) is 8.42 Å². The number of rotatable bonds is 7. The Morgan fingerprint density at radius 2 is 2.19 bits per heavy atom. The summed E-state index contributed by atoms with van der Waals surface area (Å²) < 4.78 is 32.8. The van der Waals surface area contributed by atoms with Crippen LogP contribution in [-0.4, -0.2) is 38.7 Å². The lowest BCUT2D eigenvalue weighted by atomic mass is 10.0. The van der Waals surface area contributed by atoms with Crippen LogP contribution in [0.25, 0.3) is 0 Å². The summed E-state index contributed by atoms with van der Waals surface area (Å²) >= 11 is 0. The lowest BCUT2D eigenvalue weighted by molar-refractivity contribution is 0.180. The van der Waals surface area contributed by atoms with Crippen LogP contribution in [0.1, 0.15) is 32.9 Å². The number of sulfonamides is 1. The molecule has 0 radical (unpaired) electrons. The van der Waals surface area contributed by atoms with Gasteiger partial charge in [-0.2, -0.15) is 0 Å². The van der Waals surface area contributed by atoms with Crippen LogP contribution in [-0.2, 0) is 21.3 Å². The van der Waals surface area contributed by atoms with Crippen LogP contribution < -0.4 is 10.0 Å². The Bertz CT molecular complexity index is 548. The van der Waals surface area contributed by atoms with Crippen LogP contribution in [0.15, 0.2) is 17.2 Å². The fourth-order valence-corrected chi connectivity index (χ4v) is 3.68. The van der Waals surface area contributed by atoms with Crippen LogP contribution >= 0.6 is 0 Å². The van der Waals surface area contributed by atoms with Gasteiger partial charge in [0, 0.05) is 43.0 Å². The smallest absolute Gasteiger partial charge is 0.242 e. The first-order valence-corrected chi connectivity index (χ1v) is 8.87. The van der Waals surface area contributed by atoms with Crippen molar-refractivity contribution in [3.05, 3.63) is 18.0 Å². The zero-order chi connectivity index (χ0) is 15.5. The summed E-state index contributed by atoms with van der Waals surface area (Å²) in [6.45, 7) is 7.96. The molecule has 21 heavy (non-hydrogen) atoms. The van der Waals surface area contributed by atoms with Crippen molar-refractivity contribution in [2.45, 2.75) is 50.7 Å². The van der Waals surface area contributed by atoms with Gasteiger partial charge in [0.25, 0.3) is 0 Å². The molecule has 2 unspecified atom stereocenters. The predicted octanol–water partition coefficient (Wildman–Crippen LogP) is 1.22. The summed E-state index contributed by atoms with van der Waals surface area (Å²) in [5.41, 5.74) is 0.862. The minimum absolute atomic E-state index is 0.121. The first-order valence-electron chi connectivity index (χ1n) is 7.39. The van der Waals surface area contributed by atoms with Gasteiger partial charge in [-0.25, -0.2) is 13.1 Å². The number of aromatic amines is 1. The molecule has 1 aromatic rings. The third-order valence-electron chi connectivity index (χ3n) is 3.74. The number of hydrogen-bond acceptors (Lipinski definition) is 4. The second kappa shape index (κ2) is 6.91. The summed E-state index contributed by atoms with van der Waals surface area (Å²) in [5, 5.41) is 3.25. The molecule has 0 bridgehead atoms. The van der Waals surface area contributed by atoms with E-state index in [1.165, 1.54) is 6.20 Å². The third kappa shape index (κ3) is 4.54. The third-order valence-corrected chi connectivity index (χ3v) is 5.28. The largest absolute Gasteiger partial charge is 0.381 e. The van der Waals surface area contributed by atoms with Gasteiger partial charge in [-0.1, -0.05) is 13.8 Å².